The fourth-order valence-corrected chi connectivity index (χ4v) is 0.892. The number of rotatable bonds is 6. The summed E-state index contributed by atoms with van der Waals surface area (Å²) in [5.41, 5.74) is 0. The van der Waals surface area contributed by atoms with E-state index in [0.29, 0.717) is 6.61 Å². The van der Waals surface area contributed by atoms with E-state index in [1.165, 1.54) is 32.1 Å². The van der Waals surface area contributed by atoms with Crippen molar-refractivity contribution in [2.75, 3.05) is 6.61 Å². The molecule has 0 amide bonds. The smallest absolute Gasteiger partial charge is 0.0431 e. The van der Waals surface area contributed by atoms with Gasteiger partial charge in [0, 0.05) is 25.5 Å². The molecule has 0 saturated heterocycles. The van der Waals surface area contributed by atoms with Crippen LogP contribution < -0.4 is 0 Å². The fraction of sp³-hybridized carbons (Fsp3) is 1.00. The van der Waals surface area contributed by atoms with Crippen LogP contribution in [-0.2, 0) is 0 Å². The van der Waals surface area contributed by atoms with Crippen molar-refractivity contribution < 1.29 is 5.11 Å². The maximum atomic E-state index is 8.42. The zero-order valence-corrected chi connectivity index (χ0v) is 7.40. The van der Waals surface area contributed by atoms with Crippen molar-refractivity contribution >= 4 is 18.9 Å². The zero-order valence-electron chi connectivity index (χ0n) is 7.40. The van der Waals surface area contributed by atoms with Gasteiger partial charge in [-0.15, -0.1) is 0 Å². The summed E-state index contributed by atoms with van der Waals surface area (Å²) in [6.07, 6.45) is 7.50. The molecule has 57 valence electrons. The Kier molecular flexibility index (Phi) is 16.1. The molecule has 0 aliphatic rings. The first-order valence-electron chi connectivity index (χ1n) is 4.02. The van der Waals surface area contributed by atoms with Crippen molar-refractivity contribution in [1.82, 2.24) is 0 Å². The van der Waals surface area contributed by atoms with Gasteiger partial charge in [-0.2, -0.15) is 0 Å². The summed E-state index contributed by atoms with van der Waals surface area (Å²) in [6, 6.07) is 0. The zero-order chi connectivity index (χ0) is 6.95. The first-order valence-corrected chi connectivity index (χ1v) is 4.02. The second kappa shape index (κ2) is 12.3. The van der Waals surface area contributed by atoms with Crippen LogP contribution in [-0.4, -0.2) is 30.6 Å². The predicted octanol–water partition coefficient (Wildman–Crippen LogP) is 1.96. The van der Waals surface area contributed by atoms with Crippen molar-refractivity contribution in [2.24, 2.45) is 0 Å². The quantitative estimate of drug-likeness (QED) is 0.438. The third kappa shape index (κ3) is 11.4. The van der Waals surface area contributed by atoms with Gasteiger partial charge in [0.2, 0.25) is 0 Å². The van der Waals surface area contributed by atoms with Gasteiger partial charge in [0.05, 0.1) is 0 Å². The van der Waals surface area contributed by atoms with E-state index in [2.05, 4.69) is 6.92 Å². The Morgan fingerprint density at radius 2 is 1.40 bits per heavy atom. The van der Waals surface area contributed by atoms with E-state index in [-0.39, 0.29) is 18.9 Å². The molecule has 0 aliphatic heterocycles. The summed E-state index contributed by atoms with van der Waals surface area (Å²) < 4.78 is 0. The Bertz CT molecular complexity index is 42.5. The van der Waals surface area contributed by atoms with Gasteiger partial charge in [-0.1, -0.05) is 39.0 Å². The van der Waals surface area contributed by atoms with Gasteiger partial charge >= 0.3 is 0 Å². The first-order chi connectivity index (χ1) is 4.41. The number of hydrogen-bond acceptors (Lipinski definition) is 1. The van der Waals surface area contributed by atoms with Crippen LogP contribution in [0.1, 0.15) is 45.4 Å². The Hall–Kier alpha value is 0.557. The second-order valence-electron chi connectivity index (χ2n) is 2.49. The molecule has 0 aromatic rings. The van der Waals surface area contributed by atoms with Crippen molar-refractivity contribution in [3.8, 4) is 0 Å². The molecule has 1 radical (unpaired) electrons. The van der Waals surface area contributed by atoms with Gasteiger partial charge in [-0.3, -0.25) is 0 Å². The predicted molar refractivity (Wildman–Crippen MR) is 46.2 cm³/mol. The van der Waals surface area contributed by atoms with Gasteiger partial charge in [0.1, 0.15) is 0 Å². The third-order valence-electron chi connectivity index (χ3n) is 1.51. The van der Waals surface area contributed by atoms with Crippen molar-refractivity contribution in [3.63, 3.8) is 0 Å². The van der Waals surface area contributed by atoms with Crippen LogP contribution in [0.4, 0.5) is 0 Å². The monoisotopic (exact) mass is 137 g/mol. The molecule has 0 aliphatic carbocycles. The third-order valence-corrected chi connectivity index (χ3v) is 1.51. The Balaban J connectivity index is 0. The van der Waals surface area contributed by atoms with Crippen molar-refractivity contribution in [1.29, 1.82) is 0 Å². The number of aliphatic hydroxyl groups is 1. The van der Waals surface area contributed by atoms with Crippen molar-refractivity contribution in [3.05, 3.63) is 0 Å². The van der Waals surface area contributed by atoms with Crippen LogP contribution in [0.15, 0.2) is 0 Å². The molecule has 1 N–H and O–H groups in total. The second-order valence-corrected chi connectivity index (χ2v) is 2.49. The van der Waals surface area contributed by atoms with Crippen LogP contribution in [0, 0.1) is 0 Å². The molecule has 0 rings (SSSR count). The van der Waals surface area contributed by atoms with E-state index in [9.17, 15) is 0 Å². The molecule has 0 fully saturated rings. The summed E-state index contributed by atoms with van der Waals surface area (Å²) in [4.78, 5) is 0. The van der Waals surface area contributed by atoms with E-state index in [0.717, 1.165) is 6.42 Å². The standard InChI is InChI=1S/C8H18O.Li/c1-2-3-4-5-6-7-8-9;/h9H,2-8H2,1H3;. The van der Waals surface area contributed by atoms with Gasteiger partial charge in [0.25, 0.3) is 0 Å². The summed E-state index contributed by atoms with van der Waals surface area (Å²) in [6.45, 7) is 2.58. The van der Waals surface area contributed by atoms with Gasteiger partial charge in [0.15, 0.2) is 0 Å². The molecule has 0 aromatic heterocycles. The van der Waals surface area contributed by atoms with Crippen LogP contribution in [0.25, 0.3) is 0 Å². The minimum absolute atomic E-state index is 0. The van der Waals surface area contributed by atoms with E-state index >= 15 is 0 Å². The molecular weight excluding hydrogens is 119 g/mol. The van der Waals surface area contributed by atoms with Gasteiger partial charge in [-0.25, -0.2) is 0 Å². The molecule has 0 atom stereocenters. The summed E-state index contributed by atoms with van der Waals surface area (Å²) in [7, 11) is 0. The first kappa shape index (κ1) is 13.2. The fourth-order valence-electron chi connectivity index (χ4n) is 0.892. The summed E-state index contributed by atoms with van der Waals surface area (Å²) >= 11 is 0. The molecule has 1 nitrogen and oxygen atoms in total. The summed E-state index contributed by atoms with van der Waals surface area (Å²) in [5, 5.41) is 8.42. The molecule has 0 heterocycles. The SMILES string of the molecule is CCCCCCCCO.[Li]. The molecule has 0 aromatic carbocycles. The average molecular weight is 137 g/mol. The van der Waals surface area contributed by atoms with E-state index in [1.54, 1.807) is 0 Å². The minimum atomic E-state index is 0. The van der Waals surface area contributed by atoms with E-state index in [1.807, 2.05) is 0 Å². The van der Waals surface area contributed by atoms with Crippen LogP contribution in [0.3, 0.4) is 0 Å². The topological polar surface area (TPSA) is 20.2 Å². The normalized spacial score (nSPS) is 9.00. The average Bonchev–Trinajstić information content (AvgIpc) is 1.89. The molecule has 0 saturated carbocycles. The van der Waals surface area contributed by atoms with E-state index in [4.69, 9.17) is 5.11 Å². The number of hydrogen-bond donors (Lipinski definition) is 1. The van der Waals surface area contributed by atoms with Crippen LogP contribution in [0.5, 0.6) is 0 Å². The maximum absolute atomic E-state index is 8.42. The summed E-state index contributed by atoms with van der Waals surface area (Å²) in [5.74, 6) is 0. The largest absolute Gasteiger partial charge is 0.396 e. The van der Waals surface area contributed by atoms with E-state index < -0.39 is 0 Å². The van der Waals surface area contributed by atoms with Crippen molar-refractivity contribution in [2.45, 2.75) is 45.4 Å². The molecule has 0 spiro atoms. The van der Waals surface area contributed by atoms with Crippen LogP contribution >= 0.6 is 0 Å². The Labute approximate surface area is 76.4 Å². The van der Waals surface area contributed by atoms with Gasteiger partial charge in [-0.05, 0) is 6.42 Å². The molecular formula is C8H18LiO. The molecule has 0 unspecified atom stereocenters. The number of aliphatic hydroxyl groups excluding tert-OH is 1. The minimum Gasteiger partial charge on any atom is -0.396 e. The number of unbranched alkanes of at least 4 members (excludes halogenated alkanes) is 5. The maximum Gasteiger partial charge on any atom is 0.0431 e. The molecule has 2 heteroatoms. The van der Waals surface area contributed by atoms with Gasteiger partial charge < -0.3 is 5.11 Å². The Morgan fingerprint density at radius 3 is 1.90 bits per heavy atom. The van der Waals surface area contributed by atoms with Crippen LogP contribution in [0.2, 0.25) is 0 Å². The molecule has 10 heavy (non-hydrogen) atoms. The Morgan fingerprint density at radius 1 is 0.900 bits per heavy atom. The molecule has 0 bridgehead atoms.